The molecule has 0 spiro atoms. The average molecular weight is 689 g/mol. The Balaban J connectivity index is 1.18. The SMILES string of the molecule is COC(=O)c1sc(-n2cnc3cc(-c4cccnc4)ccc32)cc1OC(C)c1cccc(OC2CCN(C(=O)OC(C)(C)C)CC2)c1Cl. The van der Waals surface area contributed by atoms with Crippen molar-refractivity contribution in [3.63, 3.8) is 0 Å². The number of pyridine rings is 1. The van der Waals surface area contributed by atoms with Gasteiger partial charge < -0.3 is 23.8 Å². The van der Waals surface area contributed by atoms with Crippen molar-refractivity contribution >= 4 is 46.0 Å². The Kier molecular flexibility index (Phi) is 9.61. The van der Waals surface area contributed by atoms with E-state index < -0.39 is 17.7 Å². The maximum atomic E-state index is 12.9. The molecule has 0 radical (unpaired) electrons. The maximum Gasteiger partial charge on any atom is 0.410 e. The van der Waals surface area contributed by atoms with Crippen LogP contribution < -0.4 is 9.47 Å². The molecule has 10 nitrogen and oxygen atoms in total. The average Bonchev–Trinajstić information content (AvgIpc) is 3.69. The molecule has 4 heterocycles. The van der Waals surface area contributed by atoms with Crippen molar-refractivity contribution in [3.05, 3.63) is 88.8 Å². The second-order valence-corrected chi connectivity index (χ2v) is 13.9. The predicted molar refractivity (Wildman–Crippen MR) is 185 cm³/mol. The summed E-state index contributed by atoms with van der Waals surface area (Å²) in [5.41, 5.74) is 3.86. The molecule has 6 rings (SSSR count). The number of likely N-dealkylation sites (tertiary alicyclic amines) is 1. The highest BCUT2D eigenvalue weighted by Crippen LogP contribution is 2.40. The van der Waals surface area contributed by atoms with Crippen LogP contribution in [0.15, 0.2) is 73.3 Å². The molecule has 0 bridgehead atoms. The van der Waals surface area contributed by atoms with Crippen LogP contribution in [0.25, 0.3) is 27.2 Å². The Morgan fingerprint density at radius 2 is 1.81 bits per heavy atom. The lowest BCUT2D eigenvalue weighted by Crippen LogP contribution is -2.44. The van der Waals surface area contributed by atoms with Crippen LogP contribution in [0.3, 0.4) is 0 Å². The smallest absolute Gasteiger partial charge is 0.410 e. The van der Waals surface area contributed by atoms with Gasteiger partial charge in [-0.05, 0) is 57.5 Å². The zero-order chi connectivity index (χ0) is 34.0. The minimum absolute atomic E-state index is 0.108. The minimum atomic E-state index is -0.543. The Labute approximate surface area is 288 Å². The first kappa shape index (κ1) is 33.3. The Hall–Kier alpha value is -4.61. The van der Waals surface area contributed by atoms with E-state index in [2.05, 4.69) is 9.97 Å². The van der Waals surface area contributed by atoms with Gasteiger partial charge in [0.2, 0.25) is 0 Å². The lowest BCUT2D eigenvalue weighted by atomic mass is 10.1. The number of fused-ring (bicyclic) bond motifs is 1. The first-order valence-electron chi connectivity index (χ1n) is 15.7. The van der Waals surface area contributed by atoms with Crippen molar-refractivity contribution < 1.29 is 28.5 Å². The lowest BCUT2D eigenvalue weighted by Gasteiger charge is -2.33. The van der Waals surface area contributed by atoms with Gasteiger partial charge in [0.1, 0.15) is 40.6 Å². The van der Waals surface area contributed by atoms with E-state index in [1.165, 1.54) is 18.4 Å². The predicted octanol–water partition coefficient (Wildman–Crippen LogP) is 8.51. The van der Waals surface area contributed by atoms with Crippen LogP contribution in [-0.4, -0.2) is 63.4 Å². The zero-order valence-corrected chi connectivity index (χ0v) is 29.0. The van der Waals surface area contributed by atoms with E-state index >= 15 is 0 Å². The van der Waals surface area contributed by atoms with Crippen LogP contribution >= 0.6 is 22.9 Å². The molecule has 1 amide bonds. The monoisotopic (exact) mass is 688 g/mol. The number of imidazole rings is 1. The third kappa shape index (κ3) is 7.27. The van der Waals surface area contributed by atoms with Crippen LogP contribution in [0, 0.1) is 0 Å². The van der Waals surface area contributed by atoms with Crippen LogP contribution in [0.2, 0.25) is 5.02 Å². The number of aromatic nitrogens is 3. The van der Waals surface area contributed by atoms with Gasteiger partial charge in [-0.3, -0.25) is 9.55 Å². The normalized spacial score (nSPS) is 14.5. The molecule has 1 fully saturated rings. The number of thiophene rings is 1. The Morgan fingerprint density at radius 1 is 1.02 bits per heavy atom. The second kappa shape index (κ2) is 13.9. The van der Waals surface area contributed by atoms with Gasteiger partial charge >= 0.3 is 12.1 Å². The molecule has 250 valence electrons. The van der Waals surface area contributed by atoms with E-state index in [0.717, 1.165) is 27.2 Å². The summed E-state index contributed by atoms with van der Waals surface area (Å²) in [5, 5.41) is 1.18. The van der Waals surface area contributed by atoms with Gasteiger partial charge in [0.25, 0.3) is 0 Å². The summed E-state index contributed by atoms with van der Waals surface area (Å²) in [6, 6.07) is 17.3. The molecule has 0 aliphatic carbocycles. The number of hydrogen-bond donors (Lipinski definition) is 0. The van der Waals surface area contributed by atoms with Gasteiger partial charge in [-0.2, -0.15) is 0 Å². The molecule has 12 heteroatoms. The molecule has 0 N–H and O–H groups in total. The number of nitrogens with zero attached hydrogens (tertiary/aromatic N) is 4. The van der Waals surface area contributed by atoms with Gasteiger partial charge in [0.05, 0.1) is 23.2 Å². The number of esters is 1. The van der Waals surface area contributed by atoms with E-state index in [1.807, 2.05) is 93.1 Å². The number of halogens is 1. The van der Waals surface area contributed by atoms with E-state index in [4.69, 9.17) is 30.5 Å². The van der Waals surface area contributed by atoms with Crippen molar-refractivity contribution in [3.8, 4) is 27.6 Å². The molecule has 0 saturated carbocycles. The summed E-state index contributed by atoms with van der Waals surface area (Å²) in [7, 11) is 1.34. The van der Waals surface area contributed by atoms with Crippen LogP contribution in [0.5, 0.6) is 11.5 Å². The van der Waals surface area contributed by atoms with Gasteiger partial charge in [0, 0.05) is 55.5 Å². The van der Waals surface area contributed by atoms with Crippen molar-refractivity contribution in [2.75, 3.05) is 20.2 Å². The summed E-state index contributed by atoms with van der Waals surface area (Å²) in [6.07, 6.45) is 5.65. The second-order valence-electron chi connectivity index (χ2n) is 12.5. The van der Waals surface area contributed by atoms with Crippen LogP contribution in [0.1, 0.15) is 61.9 Å². The summed E-state index contributed by atoms with van der Waals surface area (Å²) >= 11 is 8.14. The van der Waals surface area contributed by atoms with Gasteiger partial charge in [0.15, 0.2) is 4.88 Å². The fraction of sp³-hybridized carbons (Fsp3) is 0.333. The number of hydrogen-bond acceptors (Lipinski definition) is 9. The molecule has 1 saturated heterocycles. The summed E-state index contributed by atoms with van der Waals surface area (Å²) in [6.45, 7) is 8.51. The Bertz CT molecular complexity index is 1930. The third-order valence-corrected chi connectivity index (χ3v) is 9.46. The molecular formula is C36H37ClN4O6S. The topological polar surface area (TPSA) is 105 Å². The minimum Gasteiger partial charge on any atom is -0.489 e. The molecular weight excluding hydrogens is 652 g/mol. The first-order valence-corrected chi connectivity index (χ1v) is 16.9. The maximum absolute atomic E-state index is 12.9. The third-order valence-electron chi connectivity index (χ3n) is 7.96. The molecule has 2 aromatic carbocycles. The molecule has 1 aliphatic rings. The number of amides is 1. The van der Waals surface area contributed by atoms with Crippen molar-refractivity contribution in [2.45, 2.75) is 58.3 Å². The quantitative estimate of drug-likeness (QED) is 0.150. The van der Waals surface area contributed by atoms with E-state index in [9.17, 15) is 9.59 Å². The number of rotatable bonds is 8. The van der Waals surface area contributed by atoms with Crippen molar-refractivity contribution in [1.29, 1.82) is 0 Å². The van der Waals surface area contributed by atoms with Gasteiger partial charge in [-0.15, -0.1) is 11.3 Å². The molecule has 1 aliphatic heterocycles. The fourth-order valence-corrected chi connectivity index (χ4v) is 6.87. The number of methoxy groups -OCH3 is 1. The molecule has 1 unspecified atom stereocenters. The summed E-state index contributed by atoms with van der Waals surface area (Å²) < 4.78 is 25.2. The summed E-state index contributed by atoms with van der Waals surface area (Å²) in [4.78, 5) is 36.2. The van der Waals surface area contributed by atoms with Crippen molar-refractivity contribution in [1.82, 2.24) is 19.4 Å². The van der Waals surface area contributed by atoms with E-state index in [0.29, 0.717) is 52.9 Å². The number of benzene rings is 2. The van der Waals surface area contributed by atoms with Crippen LogP contribution in [-0.2, 0) is 9.47 Å². The molecule has 48 heavy (non-hydrogen) atoms. The molecule has 1 atom stereocenters. The highest BCUT2D eigenvalue weighted by Gasteiger charge is 2.29. The fourth-order valence-electron chi connectivity index (χ4n) is 5.55. The number of carbonyl (C=O) groups excluding carboxylic acids is 2. The van der Waals surface area contributed by atoms with E-state index in [-0.39, 0.29) is 12.2 Å². The lowest BCUT2D eigenvalue weighted by molar-refractivity contribution is 0.0126. The zero-order valence-electron chi connectivity index (χ0n) is 27.4. The standard InChI is InChI=1S/C36H37ClN4O6S/c1-22(26-9-6-10-29(32(26)37)46-25-13-16-40(17-14-25)35(43)47-36(2,3)4)45-30-19-31(48-33(30)34(42)44-5)41-21-39-27-18-23(11-12-28(27)41)24-8-7-15-38-20-24/h6-12,15,18-22,25H,13-14,16-17H2,1-5H3. The van der Waals surface area contributed by atoms with Gasteiger partial charge in [-0.1, -0.05) is 35.9 Å². The van der Waals surface area contributed by atoms with Gasteiger partial charge in [-0.25, -0.2) is 14.6 Å². The highest BCUT2D eigenvalue weighted by atomic mass is 35.5. The first-order chi connectivity index (χ1) is 23.0. The number of carbonyl (C=O) groups is 2. The number of ether oxygens (including phenoxy) is 4. The van der Waals surface area contributed by atoms with Crippen LogP contribution in [0.4, 0.5) is 4.79 Å². The van der Waals surface area contributed by atoms with E-state index in [1.54, 1.807) is 17.4 Å². The largest absolute Gasteiger partial charge is 0.489 e. The molecule has 5 aromatic rings. The number of piperidine rings is 1. The summed E-state index contributed by atoms with van der Waals surface area (Å²) in [5.74, 6) is 0.410. The Morgan fingerprint density at radius 3 is 2.52 bits per heavy atom. The van der Waals surface area contributed by atoms with Crippen molar-refractivity contribution in [2.24, 2.45) is 0 Å². The highest BCUT2D eigenvalue weighted by molar-refractivity contribution is 7.16. The molecule has 3 aromatic heterocycles.